The molecule has 0 radical (unpaired) electrons. The molecule has 20 heavy (non-hydrogen) atoms. The number of nitrogens with zero attached hydrogens (tertiary/aromatic N) is 1. The molecule has 0 saturated heterocycles. The number of rotatable bonds is 5. The molecule has 1 heterocycles. The number of anilines is 3. The molecule has 0 spiro atoms. The summed E-state index contributed by atoms with van der Waals surface area (Å²) >= 11 is 0. The smallest absolute Gasteiger partial charge is 0.230 e. The van der Waals surface area contributed by atoms with Gasteiger partial charge in [-0.2, -0.15) is 0 Å². The number of hydrogen-bond acceptors (Lipinski definition) is 5. The summed E-state index contributed by atoms with van der Waals surface area (Å²) in [5, 5.41) is 3.15. The van der Waals surface area contributed by atoms with Gasteiger partial charge in [-0.05, 0) is 36.4 Å². The molecule has 0 aliphatic heterocycles. The van der Waals surface area contributed by atoms with Gasteiger partial charge < -0.3 is 10.1 Å². The lowest BCUT2D eigenvalue weighted by atomic mass is 10.3. The Labute approximate surface area is 117 Å². The zero-order chi connectivity index (χ0) is 14.6. The average Bonchev–Trinajstić information content (AvgIpc) is 2.40. The molecule has 0 saturated carbocycles. The molecule has 106 valence electrons. The SMILES string of the molecule is COc1ccc(Nc2ccc(NS(C)(=O)=O)nc2)cc1. The Bertz CT molecular complexity index is 667. The van der Waals surface area contributed by atoms with E-state index in [1.807, 2.05) is 24.3 Å². The van der Waals surface area contributed by atoms with Crippen LogP contribution in [0.2, 0.25) is 0 Å². The predicted molar refractivity (Wildman–Crippen MR) is 79.0 cm³/mol. The van der Waals surface area contributed by atoms with Crippen LogP contribution < -0.4 is 14.8 Å². The van der Waals surface area contributed by atoms with Crippen LogP contribution in [-0.2, 0) is 10.0 Å². The van der Waals surface area contributed by atoms with E-state index < -0.39 is 10.0 Å². The fourth-order valence-electron chi connectivity index (χ4n) is 1.56. The highest BCUT2D eigenvalue weighted by Gasteiger charge is 2.03. The third-order valence-corrected chi connectivity index (χ3v) is 3.01. The minimum atomic E-state index is -3.30. The quantitative estimate of drug-likeness (QED) is 0.883. The van der Waals surface area contributed by atoms with Gasteiger partial charge in [-0.25, -0.2) is 13.4 Å². The summed E-state index contributed by atoms with van der Waals surface area (Å²) in [6.07, 6.45) is 2.63. The van der Waals surface area contributed by atoms with Crippen molar-refractivity contribution in [3.63, 3.8) is 0 Å². The first kappa shape index (κ1) is 14.1. The molecular weight excluding hydrogens is 278 g/mol. The van der Waals surface area contributed by atoms with Crippen LogP contribution in [0.3, 0.4) is 0 Å². The number of ether oxygens (including phenoxy) is 1. The fourth-order valence-corrected chi connectivity index (χ4v) is 2.06. The van der Waals surface area contributed by atoms with Gasteiger partial charge >= 0.3 is 0 Å². The number of benzene rings is 1. The number of nitrogens with one attached hydrogen (secondary N) is 2. The first-order valence-corrected chi connectivity index (χ1v) is 7.70. The van der Waals surface area contributed by atoms with Crippen LogP contribution in [-0.4, -0.2) is 26.8 Å². The van der Waals surface area contributed by atoms with E-state index in [1.165, 1.54) is 0 Å². The Kier molecular flexibility index (Phi) is 4.09. The average molecular weight is 293 g/mol. The highest BCUT2D eigenvalue weighted by Crippen LogP contribution is 2.20. The molecule has 1 aromatic heterocycles. The minimum absolute atomic E-state index is 0.285. The number of sulfonamides is 1. The second-order valence-corrected chi connectivity index (χ2v) is 5.91. The summed E-state index contributed by atoms with van der Waals surface area (Å²) in [5.74, 6) is 1.06. The molecule has 2 rings (SSSR count). The summed E-state index contributed by atoms with van der Waals surface area (Å²) in [4.78, 5) is 4.02. The molecule has 1 aromatic carbocycles. The van der Waals surface area contributed by atoms with Gasteiger partial charge in [-0.15, -0.1) is 0 Å². The molecule has 7 heteroatoms. The van der Waals surface area contributed by atoms with E-state index in [0.717, 1.165) is 23.4 Å². The standard InChI is InChI=1S/C13H15N3O3S/c1-19-12-6-3-10(4-7-12)15-11-5-8-13(14-9-11)16-20(2,17)18/h3-9,15H,1-2H3,(H,14,16). The Balaban J connectivity index is 2.06. The van der Waals surface area contributed by atoms with Gasteiger partial charge in [0.05, 0.1) is 25.2 Å². The van der Waals surface area contributed by atoms with Crippen molar-refractivity contribution in [1.29, 1.82) is 0 Å². The minimum Gasteiger partial charge on any atom is -0.497 e. The Morgan fingerprint density at radius 2 is 1.70 bits per heavy atom. The summed E-state index contributed by atoms with van der Waals surface area (Å²) < 4.78 is 29.5. The van der Waals surface area contributed by atoms with Crippen LogP contribution >= 0.6 is 0 Å². The molecule has 2 aromatic rings. The molecular formula is C13H15N3O3S. The lowest BCUT2D eigenvalue weighted by molar-refractivity contribution is 0.415. The van der Waals surface area contributed by atoms with Gasteiger partial charge in [0.1, 0.15) is 11.6 Å². The summed E-state index contributed by atoms with van der Waals surface area (Å²) in [6, 6.07) is 10.8. The van der Waals surface area contributed by atoms with Gasteiger partial charge in [0.2, 0.25) is 10.0 Å². The Morgan fingerprint density at radius 3 is 2.20 bits per heavy atom. The van der Waals surface area contributed by atoms with Gasteiger partial charge in [-0.3, -0.25) is 4.72 Å². The third kappa shape index (κ3) is 4.13. The van der Waals surface area contributed by atoms with E-state index in [4.69, 9.17) is 4.74 Å². The molecule has 2 N–H and O–H groups in total. The molecule has 0 aliphatic rings. The normalized spacial score (nSPS) is 10.9. The summed E-state index contributed by atoms with van der Waals surface area (Å²) in [7, 11) is -1.69. The summed E-state index contributed by atoms with van der Waals surface area (Å²) in [5.41, 5.74) is 1.64. The zero-order valence-corrected chi connectivity index (χ0v) is 11.9. The summed E-state index contributed by atoms with van der Waals surface area (Å²) in [6.45, 7) is 0. The predicted octanol–water partition coefficient (Wildman–Crippen LogP) is 2.21. The third-order valence-electron chi connectivity index (χ3n) is 2.43. The highest BCUT2D eigenvalue weighted by molar-refractivity contribution is 7.92. The second kappa shape index (κ2) is 5.79. The molecule has 0 aliphatic carbocycles. The van der Waals surface area contributed by atoms with Crippen LogP contribution in [0.15, 0.2) is 42.6 Å². The van der Waals surface area contributed by atoms with Crippen LogP contribution in [0, 0.1) is 0 Å². The van der Waals surface area contributed by atoms with Crippen LogP contribution in [0.25, 0.3) is 0 Å². The molecule has 6 nitrogen and oxygen atoms in total. The molecule has 0 fully saturated rings. The highest BCUT2D eigenvalue weighted by atomic mass is 32.2. The maximum absolute atomic E-state index is 11.1. The van der Waals surface area contributed by atoms with E-state index in [0.29, 0.717) is 0 Å². The maximum Gasteiger partial charge on any atom is 0.230 e. The van der Waals surface area contributed by atoms with Gasteiger partial charge in [0.25, 0.3) is 0 Å². The molecule has 0 amide bonds. The van der Waals surface area contributed by atoms with Crippen molar-refractivity contribution < 1.29 is 13.2 Å². The second-order valence-electron chi connectivity index (χ2n) is 4.16. The van der Waals surface area contributed by atoms with Crippen molar-refractivity contribution in [2.45, 2.75) is 0 Å². The van der Waals surface area contributed by atoms with Crippen molar-refractivity contribution in [3.8, 4) is 5.75 Å². The van der Waals surface area contributed by atoms with Gasteiger partial charge in [-0.1, -0.05) is 0 Å². The molecule has 0 atom stereocenters. The zero-order valence-electron chi connectivity index (χ0n) is 11.1. The fraction of sp³-hybridized carbons (Fsp3) is 0.154. The first-order chi connectivity index (χ1) is 9.46. The van der Waals surface area contributed by atoms with E-state index in [-0.39, 0.29) is 5.82 Å². The van der Waals surface area contributed by atoms with E-state index >= 15 is 0 Å². The number of hydrogen-bond donors (Lipinski definition) is 2. The number of pyridine rings is 1. The van der Waals surface area contributed by atoms with Crippen molar-refractivity contribution in [2.24, 2.45) is 0 Å². The van der Waals surface area contributed by atoms with E-state index in [9.17, 15) is 8.42 Å². The van der Waals surface area contributed by atoms with Crippen molar-refractivity contribution in [2.75, 3.05) is 23.4 Å². The van der Waals surface area contributed by atoms with Gasteiger partial charge in [0.15, 0.2) is 0 Å². The number of methoxy groups -OCH3 is 1. The maximum atomic E-state index is 11.1. The molecule has 0 unspecified atom stereocenters. The lowest BCUT2D eigenvalue weighted by Crippen LogP contribution is -2.10. The van der Waals surface area contributed by atoms with E-state index in [1.54, 1.807) is 25.4 Å². The van der Waals surface area contributed by atoms with Crippen LogP contribution in [0.4, 0.5) is 17.2 Å². The first-order valence-electron chi connectivity index (χ1n) is 5.81. The van der Waals surface area contributed by atoms with Crippen LogP contribution in [0.5, 0.6) is 5.75 Å². The van der Waals surface area contributed by atoms with E-state index in [2.05, 4.69) is 15.0 Å². The van der Waals surface area contributed by atoms with Crippen LogP contribution in [0.1, 0.15) is 0 Å². The lowest BCUT2D eigenvalue weighted by Gasteiger charge is -2.08. The largest absolute Gasteiger partial charge is 0.497 e. The van der Waals surface area contributed by atoms with Crippen molar-refractivity contribution in [3.05, 3.63) is 42.6 Å². The Morgan fingerprint density at radius 1 is 1.05 bits per heavy atom. The van der Waals surface area contributed by atoms with Crippen molar-refractivity contribution >= 4 is 27.2 Å². The Hall–Kier alpha value is -2.28. The topological polar surface area (TPSA) is 80.3 Å². The van der Waals surface area contributed by atoms with Crippen molar-refractivity contribution in [1.82, 2.24) is 4.98 Å². The molecule has 0 bridgehead atoms. The number of aromatic nitrogens is 1. The van der Waals surface area contributed by atoms with Gasteiger partial charge in [0, 0.05) is 5.69 Å². The monoisotopic (exact) mass is 293 g/mol.